The third-order valence-corrected chi connectivity index (χ3v) is 4.38. The van der Waals surface area contributed by atoms with Crippen LogP contribution < -0.4 is 11.1 Å². The highest BCUT2D eigenvalue weighted by atomic mass is 35.5. The van der Waals surface area contributed by atoms with Crippen LogP contribution in [0.2, 0.25) is 5.02 Å². The average molecular weight is 346 g/mol. The zero-order chi connectivity index (χ0) is 16.4. The van der Waals surface area contributed by atoms with Gasteiger partial charge in [0.15, 0.2) is 5.13 Å². The van der Waals surface area contributed by atoms with Crippen molar-refractivity contribution in [3.8, 4) is 5.75 Å². The highest BCUT2D eigenvalue weighted by Crippen LogP contribution is 2.32. The highest BCUT2D eigenvalue weighted by Gasteiger charge is 2.18. The number of carbonyl (C=O) groups is 1. The molecule has 0 fully saturated rings. The van der Waals surface area contributed by atoms with Crippen molar-refractivity contribution in [1.82, 2.24) is 4.98 Å². The molecule has 5 nitrogen and oxygen atoms in total. The van der Waals surface area contributed by atoms with E-state index in [1.165, 1.54) is 6.07 Å². The van der Waals surface area contributed by atoms with Gasteiger partial charge in [-0.25, -0.2) is 4.98 Å². The molecule has 0 spiro atoms. The lowest BCUT2D eigenvalue weighted by molar-refractivity contribution is 0.104. The normalized spacial score (nSPS) is 10.5. The lowest BCUT2D eigenvalue weighted by Gasteiger charge is -2.03. The molecule has 2 aromatic carbocycles. The van der Waals surface area contributed by atoms with Crippen LogP contribution in [0.4, 0.5) is 16.6 Å². The summed E-state index contributed by atoms with van der Waals surface area (Å²) in [4.78, 5) is 17.0. The fraction of sp³-hybridized carbons (Fsp3) is 0. The summed E-state index contributed by atoms with van der Waals surface area (Å²) >= 11 is 7.03. The van der Waals surface area contributed by atoms with Crippen LogP contribution in [-0.2, 0) is 0 Å². The molecule has 0 aliphatic carbocycles. The number of aromatic hydroxyl groups is 1. The number of phenolic OH excluding ortho intramolecular Hbond substituents is 1. The molecule has 3 aromatic rings. The van der Waals surface area contributed by atoms with E-state index in [4.69, 9.17) is 17.3 Å². The van der Waals surface area contributed by atoms with Gasteiger partial charge in [0, 0.05) is 11.3 Å². The number of benzene rings is 2. The SMILES string of the molecule is Nc1nc(Nc2ccc(O)c(Cl)c2)sc1C(=O)c1ccccc1. The zero-order valence-corrected chi connectivity index (χ0v) is 13.4. The lowest BCUT2D eigenvalue weighted by atomic mass is 10.1. The highest BCUT2D eigenvalue weighted by molar-refractivity contribution is 7.18. The molecule has 23 heavy (non-hydrogen) atoms. The number of ketones is 1. The first-order valence-electron chi connectivity index (χ1n) is 6.66. The minimum Gasteiger partial charge on any atom is -0.506 e. The molecule has 0 atom stereocenters. The molecule has 0 aliphatic heterocycles. The number of thiazole rings is 1. The van der Waals surface area contributed by atoms with Gasteiger partial charge >= 0.3 is 0 Å². The van der Waals surface area contributed by atoms with Crippen LogP contribution in [0.5, 0.6) is 5.75 Å². The Morgan fingerprint density at radius 3 is 2.65 bits per heavy atom. The number of rotatable bonds is 4. The van der Waals surface area contributed by atoms with Gasteiger partial charge in [-0.05, 0) is 18.2 Å². The number of phenols is 1. The van der Waals surface area contributed by atoms with Gasteiger partial charge in [0.2, 0.25) is 5.78 Å². The van der Waals surface area contributed by atoms with Crippen molar-refractivity contribution in [3.05, 3.63) is 64.0 Å². The van der Waals surface area contributed by atoms with E-state index in [2.05, 4.69) is 10.3 Å². The van der Waals surface area contributed by atoms with Gasteiger partial charge < -0.3 is 16.2 Å². The van der Waals surface area contributed by atoms with Crippen LogP contribution in [-0.4, -0.2) is 15.9 Å². The molecule has 1 aromatic heterocycles. The summed E-state index contributed by atoms with van der Waals surface area (Å²) in [5, 5.41) is 13.1. The predicted octanol–water partition coefficient (Wildman–Crippen LogP) is 4.06. The van der Waals surface area contributed by atoms with E-state index < -0.39 is 0 Å². The Bertz CT molecular complexity index is 865. The summed E-state index contributed by atoms with van der Waals surface area (Å²) in [6.45, 7) is 0. The number of anilines is 3. The van der Waals surface area contributed by atoms with Gasteiger partial charge in [-0.3, -0.25) is 4.79 Å². The average Bonchev–Trinajstić information content (AvgIpc) is 2.91. The fourth-order valence-electron chi connectivity index (χ4n) is 1.98. The number of halogens is 1. The predicted molar refractivity (Wildman–Crippen MR) is 92.8 cm³/mol. The van der Waals surface area contributed by atoms with Crippen LogP contribution in [0.3, 0.4) is 0 Å². The van der Waals surface area contributed by atoms with Crippen molar-refractivity contribution in [3.63, 3.8) is 0 Å². The molecule has 116 valence electrons. The van der Waals surface area contributed by atoms with Gasteiger partial charge in [0.1, 0.15) is 16.4 Å². The minimum absolute atomic E-state index is 0.00388. The monoisotopic (exact) mass is 345 g/mol. The number of hydrogen-bond acceptors (Lipinski definition) is 6. The van der Waals surface area contributed by atoms with Crippen molar-refractivity contribution in [2.75, 3.05) is 11.1 Å². The van der Waals surface area contributed by atoms with Gasteiger partial charge in [0.05, 0.1) is 5.02 Å². The Morgan fingerprint density at radius 1 is 1.22 bits per heavy atom. The Kier molecular flexibility index (Phi) is 4.18. The van der Waals surface area contributed by atoms with Crippen molar-refractivity contribution >= 4 is 45.4 Å². The Morgan fingerprint density at radius 2 is 1.96 bits per heavy atom. The van der Waals surface area contributed by atoms with Crippen LogP contribution in [0, 0.1) is 0 Å². The fourth-order valence-corrected chi connectivity index (χ4v) is 3.02. The first-order valence-corrected chi connectivity index (χ1v) is 7.85. The maximum Gasteiger partial charge on any atom is 0.206 e. The molecule has 7 heteroatoms. The number of nitrogens with zero attached hydrogens (tertiary/aromatic N) is 1. The molecule has 0 unspecified atom stereocenters. The van der Waals surface area contributed by atoms with Crippen molar-refractivity contribution in [2.24, 2.45) is 0 Å². The quantitative estimate of drug-likeness (QED) is 0.490. The van der Waals surface area contributed by atoms with Crippen LogP contribution in [0.15, 0.2) is 48.5 Å². The van der Waals surface area contributed by atoms with E-state index in [0.717, 1.165) is 11.3 Å². The van der Waals surface area contributed by atoms with Gasteiger partial charge in [-0.1, -0.05) is 53.3 Å². The molecular weight excluding hydrogens is 334 g/mol. The van der Waals surface area contributed by atoms with Gasteiger partial charge in [-0.15, -0.1) is 0 Å². The molecule has 3 rings (SSSR count). The van der Waals surface area contributed by atoms with Crippen molar-refractivity contribution in [1.29, 1.82) is 0 Å². The van der Waals surface area contributed by atoms with Crippen LogP contribution in [0.25, 0.3) is 0 Å². The van der Waals surface area contributed by atoms with E-state index in [1.54, 1.807) is 36.4 Å². The third kappa shape index (κ3) is 3.28. The molecule has 0 aliphatic rings. The first kappa shape index (κ1) is 15.3. The van der Waals surface area contributed by atoms with Crippen LogP contribution >= 0.6 is 22.9 Å². The number of nitrogens with two attached hydrogens (primary N) is 1. The van der Waals surface area contributed by atoms with E-state index in [0.29, 0.717) is 21.3 Å². The zero-order valence-electron chi connectivity index (χ0n) is 11.8. The summed E-state index contributed by atoms with van der Waals surface area (Å²) in [5.74, 6) is 0.00410. The summed E-state index contributed by atoms with van der Waals surface area (Å²) < 4.78 is 0. The number of aromatic nitrogens is 1. The molecule has 0 amide bonds. The molecular formula is C16H12ClN3O2S. The third-order valence-electron chi connectivity index (χ3n) is 3.09. The molecule has 0 bridgehead atoms. The largest absolute Gasteiger partial charge is 0.506 e. The van der Waals surface area contributed by atoms with E-state index in [1.807, 2.05) is 6.07 Å². The molecule has 0 saturated heterocycles. The molecule has 0 saturated carbocycles. The van der Waals surface area contributed by atoms with E-state index in [-0.39, 0.29) is 22.4 Å². The Hall–Kier alpha value is -2.57. The number of carbonyl (C=O) groups excluding carboxylic acids is 1. The minimum atomic E-state index is -0.169. The van der Waals surface area contributed by atoms with Gasteiger partial charge in [-0.2, -0.15) is 0 Å². The second kappa shape index (κ2) is 6.28. The number of nitrogen functional groups attached to an aromatic ring is 1. The maximum atomic E-state index is 12.4. The second-order valence-electron chi connectivity index (χ2n) is 4.72. The lowest BCUT2D eigenvalue weighted by Crippen LogP contribution is -2.02. The topological polar surface area (TPSA) is 88.2 Å². The first-order chi connectivity index (χ1) is 11.0. The summed E-state index contributed by atoms with van der Waals surface area (Å²) in [5.41, 5.74) is 7.06. The van der Waals surface area contributed by atoms with Crippen LogP contribution in [0.1, 0.15) is 15.2 Å². The number of hydrogen-bond donors (Lipinski definition) is 3. The van der Waals surface area contributed by atoms with E-state index in [9.17, 15) is 9.90 Å². The van der Waals surface area contributed by atoms with Gasteiger partial charge in [0.25, 0.3) is 0 Å². The Labute approximate surface area is 141 Å². The molecule has 0 radical (unpaired) electrons. The maximum absolute atomic E-state index is 12.4. The summed E-state index contributed by atoms with van der Waals surface area (Å²) in [6, 6.07) is 13.6. The van der Waals surface area contributed by atoms with Crippen molar-refractivity contribution < 1.29 is 9.90 Å². The number of nitrogens with one attached hydrogen (secondary N) is 1. The van der Waals surface area contributed by atoms with E-state index >= 15 is 0 Å². The van der Waals surface area contributed by atoms with Crippen molar-refractivity contribution in [2.45, 2.75) is 0 Å². The summed E-state index contributed by atoms with van der Waals surface area (Å²) in [6.07, 6.45) is 0. The standard InChI is InChI=1S/C16H12ClN3O2S/c17-11-8-10(6-7-12(11)21)19-16-20-15(18)14(23-16)13(22)9-4-2-1-3-5-9/h1-8,21H,18H2,(H,19,20). The smallest absolute Gasteiger partial charge is 0.206 e. The molecule has 4 N–H and O–H groups in total. The molecule has 1 heterocycles. The Balaban J connectivity index is 1.86. The second-order valence-corrected chi connectivity index (χ2v) is 6.13. The summed E-state index contributed by atoms with van der Waals surface area (Å²) in [7, 11) is 0.